The van der Waals surface area contributed by atoms with Crippen molar-refractivity contribution in [1.29, 1.82) is 0 Å². The molecule has 4 nitrogen and oxygen atoms in total. The van der Waals surface area contributed by atoms with Crippen molar-refractivity contribution in [2.75, 3.05) is 6.61 Å². The molecule has 1 aliphatic heterocycles. The molecule has 3 rings (SSSR count). The molecule has 108 valence electrons. The molecule has 21 heavy (non-hydrogen) atoms. The Kier molecular flexibility index (Phi) is 3.65. The Balaban J connectivity index is 1.85. The van der Waals surface area contributed by atoms with Crippen LogP contribution < -0.4 is 4.74 Å². The third kappa shape index (κ3) is 2.77. The lowest BCUT2D eigenvalue weighted by Gasteiger charge is -2.11. The molecule has 1 fully saturated rings. The summed E-state index contributed by atoms with van der Waals surface area (Å²) >= 11 is 9.51. The van der Waals surface area contributed by atoms with Crippen molar-refractivity contribution in [1.82, 2.24) is 0 Å². The number of carbonyl (C=O) groups is 1. The fraction of sp³-hybridized carbons (Fsp3) is 0.133. The van der Waals surface area contributed by atoms with E-state index in [0.29, 0.717) is 22.1 Å². The zero-order valence-electron chi connectivity index (χ0n) is 10.7. The summed E-state index contributed by atoms with van der Waals surface area (Å²) in [5.41, 5.74) is -0.854. The van der Waals surface area contributed by atoms with Gasteiger partial charge in [-0.1, -0.05) is 33.6 Å². The number of aliphatic carboxylic acids is 1. The SMILES string of the molecule is O=C(O)C1(c2ccc(Oc3ccc(Br)cc3)cc2Cl)CO1. The van der Waals surface area contributed by atoms with Crippen LogP contribution in [0.4, 0.5) is 0 Å². The van der Waals surface area contributed by atoms with E-state index in [1.807, 2.05) is 24.3 Å². The minimum Gasteiger partial charge on any atom is -0.479 e. The van der Waals surface area contributed by atoms with Crippen molar-refractivity contribution < 1.29 is 19.4 Å². The van der Waals surface area contributed by atoms with Crippen LogP contribution in [0.2, 0.25) is 5.02 Å². The molecule has 1 saturated heterocycles. The Hall–Kier alpha value is -1.56. The predicted molar refractivity (Wildman–Crippen MR) is 80.9 cm³/mol. The Morgan fingerprint density at radius 1 is 1.24 bits per heavy atom. The molecule has 0 spiro atoms. The molecular formula is C15H10BrClO4. The maximum Gasteiger partial charge on any atom is 0.343 e. The number of epoxide rings is 1. The fourth-order valence-electron chi connectivity index (χ4n) is 1.99. The summed E-state index contributed by atoms with van der Waals surface area (Å²) in [5, 5.41) is 9.50. The maximum atomic E-state index is 11.2. The first kappa shape index (κ1) is 14.4. The van der Waals surface area contributed by atoms with Gasteiger partial charge in [-0.2, -0.15) is 0 Å². The normalized spacial score (nSPS) is 20.1. The quantitative estimate of drug-likeness (QED) is 0.820. The summed E-state index contributed by atoms with van der Waals surface area (Å²) in [4.78, 5) is 11.2. The van der Waals surface area contributed by atoms with Gasteiger partial charge < -0.3 is 14.6 Å². The monoisotopic (exact) mass is 368 g/mol. The number of hydrogen-bond donors (Lipinski definition) is 1. The summed E-state index contributed by atoms with van der Waals surface area (Å²) in [6, 6.07) is 12.2. The van der Waals surface area contributed by atoms with Crippen LogP contribution in [0.3, 0.4) is 0 Å². The lowest BCUT2D eigenvalue weighted by Crippen LogP contribution is -2.21. The average molecular weight is 370 g/mol. The molecular weight excluding hydrogens is 360 g/mol. The van der Waals surface area contributed by atoms with Crippen LogP contribution in [0.1, 0.15) is 5.56 Å². The van der Waals surface area contributed by atoms with Gasteiger partial charge in [-0.05, 0) is 36.4 Å². The number of carboxylic acid groups (broad SMARTS) is 1. The Bertz CT molecular complexity index is 695. The molecule has 0 amide bonds. The van der Waals surface area contributed by atoms with Crippen LogP contribution in [-0.2, 0) is 15.1 Å². The predicted octanol–water partition coefficient (Wildman–Crippen LogP) is 4.20. The summed E-state index contributed by atoms with van der Waals surface area (Å²) in [7, 11) is 0. The van der Waals surface area contributed by atoms with Crippen LogP contribution in [0.25, 0.3) is 0 Å². The molecule has 0 saturated carbocycles. The molecule has 2 aromatic carbocycles. The molecule has 0 radical (unpaired) electrons. The van der Waals surface area contributed by atoms with Gasteiger partial charge >= 0.3 is 5.97 Å². The molecule has 1 unspecified atom stereocenters. The minimum atomic E-state index is -1.30. The average Bonchev–Trinajstić information content (AvgIpc) is 3.23. The van der Waals surface area contributed by atoms with Gasteiger partial charge in [-0.15, -0.1) is 0 Å². The highest BCUT2D eigenvalue weighted by atomic mass is 79.9. The van der Waals surface area contributed by atoms with Gasteiger partial charge in [0.25, 0.3) is 0 Å². The molecule has 1 atom stereocenters. The third-order valence-corrected chi connectivity index (χ3v) is 4.04. The van der Waals surface area contributed by atoms with Gasteiger partial charge in [-0.25, -0.2) is 4.79 Å². The Morgan fingerprint density at radius 2 is 1.86 bits per heavy atom. The first-order valence-corrected chi connectivity index (χ1v) is 7.29. The topological polar surface area (TPSA) is 59.1 Å². The Labute approximate surface area is 134 Å². The minimum absolute atomic E-state index is 0.134. The van der Waals surface area contributed by atoms with Crippen LogP contribution in [0.15, 0.2) is 46.9 Å². The van der Waals surface area contributed by atoms with E-state index in [4.69, 9.17) is 21.1 Å². The molecule has 0 aliphatic carbocycles. The number of halogens is 2. The van der Waals surface area contributed by atoms with Gasteiger partial charge in [0.15, 0.2) is 0 Å². The van der Waals surface area contributed by atoms with Crippen molar-refractivity contribution in [2.45, 2.75) is 5.60 Å². The van der Waals surface area contributed by atoms with Gasteiger partial charge in [0.05, 0.1) is 11.6 Å². The van der Waals surface area contributed by atoms with Gasteiger partial charge in [0, 0.05) is 10.0 Å². The van der Waals surface area contributed by atoms with E-state index in [2.05, 4.69) is 15.9 Å². The van der Waals surface area contributed by atoms with Crippen molar-refractivity contribution in [3.63, 3.8) is 0 Å². The van der Waals surface area contributed by atoms with Gasteiger partial charge in [0.2, 0.25) is 5.60 Å². The van der Waals surface area contributed by atoms with E-state index in [0.717, 1.165) is 4.47 Å². The second-order valence-corrected chi connectivity index (χ2v) is 5.94. The molecule has 0 aromatic heterocycles. The van der Waals surface area contributed by atoms with Crippen LogP contribution >= 0.6 is 27.5 Å². The van der Waals surface area contributed by atoms with Crippen molar-refractivity contribution >= 4 is 33.5 Å². The number of ether oxygens (including phenoxy) is 2. The van der Waals surface area contributed by atoms with Crippen LogP contribution in [0, 0.1) is 0 Å². The van der Waals surface area contributed by atoms with E-state index in [9.17, 15) is 9.90 Å². The molecule has 0 bridgehead atoms. The van der Waals surface area contributed by atoms with Crippen molar-refractivity contribution in [3.05, 3.63) is 57.5 Å². The Morgan fingerprint density at radius 3 is 2.38 bits per heavy atom. The molecule has 2 aromatic rings. The summed E-state index contributed by atoms with van der Waals surface area (Å²) in [5.74, 6) is 0.163. The lowest BCUT2D eigenvalue weighted by molar-refractivity contribution is -0.143. The number of rotatable bonds is 4. The first-order valence-electron chi connectivity index (χ1n) is 6.12. The van der Waals surface area contributed by atoms with Crippen molar-refractivity contribution in [3.8, 4) is 11.5 Å². The highest BCUT2D eigenvalue weighted by Crippen LogP contribution is 2.43. The third-order valence-electron chi connectivity index (χ3n) is 3.20. The first-order chi connectivity index (χ1) is 10.0. The zero-order chi connectivity index (χ0) is 15.0. The zero-order valence-corrected chi connectivity index (χ0v) is 13.0. The fourth-order valence-corrected chi connectivity index (χ4v) is 2.58. The van der Waals surface area contributed by atoms with E-state index in [1.54, 1.807) is 18.2 Å². The number of carboxylic acids is 1. The molecule has 1 N–H and O–H groups in total. The maximum absolute atomic E-state index is 11.2. The summed E-state index contributed by atoms with van der Waals surface area (Å²) in [6.45, 7) is 0.134. The number of benzene rings is 2. The molecule has 1 aliphatic rings. The van der Waals surface area contributed by atoms with Crippen molar-refractivity contribution in [2.24, 2.45) is 0 Å². The van der Waals surface area contributed by atoms with E-state index >= 15 is 0 Å². The number of hydrogen-bond acceptors (Lipinski definition) is 3. The van der Waals surface area contributed by atoms with E-state index in [-0.39, 0.29) is 6.61 Å². The van der Waals surface area contributed by atoms with Gasteiger partial charge in [0.1, 0.15) is 11.5 Å². The second-order valence-electron chi connectivity index (χ2n) is 4.62. The second kappa shape index (κ2) is 5.33. The summed E-state index contributed by atoms with van der Waals surface area (Å²) in [6.07, 6.45) is 0. The molecule has 6 heteroatoms. The van der Waals surface area contributed by atoms with Gasteiger partial charge in [-0.3, -0.25) is 0 Å². The summed E-state index contributed by atoms with van der Waals surface area (Å²) < 4.78 is 11.7. The highest BCUT2D eigenvalue weighted by Gasteiger charge is 2.55. The van der Waals surface area contributed by atoms with Crippen LogP contribution in [0.5, 0.6) is 11.5 Å². The standard InChI is InChI=1S/C15H10BrClO4/c16-9-1-3-10(4-2-9)21-11-5-6-12(13(17)7-11)15(8-20-15)14(18)19/h1-7H,8H2,(H,18,19). The lowest BCUT2D eigenvalue weighted by atomic mass is 10.00. The van der Waals surface area contributed by atoms with E-state index in [1.165, 1.54) is 0 Å². The largest absolute Gasteiger partial charge is 0.479 e. The van der Waals surface area contributed by atoms with E-state index < -0.39 is 11.6 Å². The van der Waals surface area contributed by atoms with Crippen LogP contribution in [-0.4, -0.2) is 17.7 Å². The molecule has 1 heterocycles. The smallest absolute Gasteiger partial charge is 0.343 e. The highest BCUT2D eigenvalue weighted by molar-refractivity contribution is 9.10.